The standard InChI is InChI=1S/C24H21N3O4/c1-15(23(30)26-11-18(29)14-28)12-27-13-21-19(24(27)31)8-7-16-5-6-17(10-20(16)21)22-4-2-3-9-25-22/h2-10,14-15H,11-13H2,1H3,(H,26,30). The summed E-state index contributed by atoms with van der Waals surface area (Å²) in [6, 6.07) is 15.6. The zero-order valence-electron chi connectivity index (χ0n) is 17.0. The molecule has 3 aromatic rings. The summed E-state index contributed by atoms with van der Waals surface area (Å²) in [7, 11) is 0. The lowest BCUT2D eigenvalue weighted by molar-refractivity contribution is -0.131. The Kier molecular flexibility index (Phi) is 5.58. The van der Waals surface area contributed by atoms with Crippen LogP contribution in [-0.2, 0) is 20.9 Å². The summed E-state index contributed by atoms with van der Waals surface area (Å²) in [5, 5.41) is 4.46. The third-order valence-corrected chi connectivity index (χ3v) is 5.47. The number of carbonyl (C=O) groups excluding carboxylic acids is 4. The molecule has 1 N–H and O–H groups in total. The van der Waals surface area contributed by atoms with Crippen LogP contribution >= 0.6 is 0 Å². The number of amides is 2. The van der Waals surface area contributed by atoms with Crippen molar-refractivity contribution >= 4 is 34.7 Å². The van der Waals surface area contributed by atoms with E-state index in [2.05, 4.69) is 16.4 Å². The molecule has 0 saturated heterocycles. The third kappa shape index (κ3) is 4.07. The minimum absolute atomic E-state index is 0.122. The Labute approximate surface area is 179 Å². The molecule has 1 aromatic heterocycles. The number of aldehydes is 1. The molecule has 7 heteroatoms. The fraction of sp³-hybridized carbons (Fsp3) is 0.208. The number of nitrogens with one attached hydrogen (secondary N) is 1. The molecule has 0 radical (unpaired) electrons. The van der Waals surface area contributed by atoms with Crippen LogP contribution in [0.1, 0.15) is 22.8 Å². The zero-order valence-corrected chi connectivity index (χ0v) is 17.0. The van der Waals surface area contributed by atoms with Gasteiger partial charge >= 0.3 is 0 Å². The van der Waals surface area contributed by atoms with Crippen molar-refractivity contribution in [1.82, 2.24) is 15.2 Å². The van der Waals surface area contributed by atoms with Gasteiger partial charge in [0.1, 0.15) is 0 Å². The van der Waals surface area contributed by atoms with Crippen LogP contribution in [0.3, 0.4) is 0 Å². The maximum absolute atomic E-state index is 12.9. The summed E-state index contributed by atoms with van der Waals surface area (Å²) in [5.41, 5.74) is 3.40. The summed E-state index contributed by atoms with van der Waals surface area (Å²) in [4.78, 5) is 52.7. The Bertz CT molecular complexity index is 1190. The molecule has 0 aliphatic carbocycles. The van der Waals surface area contributed by atoms with Gasteiger partial charge in [-0.25, -0.2) is 0 Å². The lowest BCUT2D eigenvalue weighted by atomic mass is 9.98. The van der Waals surface area contributed by atoms with Crippen LogP contribution in [-0.4, -0.2) is 46.9 Å². The van der Waals surface area contributed by atoms with Gasteiger partial charge in [-0.1, -0.05) is 31.2 Å². The van der Waals surface area contributed by atoms with Gasteiger partial charge in [-0.2, -0.15) is 0 Å². The van der Waals surface area contributed by atoms with E-state index in [1.807, 2.05) is 42.5 Å². The lowest BCUT2D eigenvalue weighted by Crippen LogP contribution is -2.39. The average Bonchev–Trinajstić information content (AvgIpc) is 3.12. The van der Waals surface area contributed by atoms with Crippen molar-refractivity contribution in [3.63, 3.8) is 0 Å². The number of benzene rings is 2. The zero-order chi connectivity index (χ0) is 22.0. The molecule has 1 atom stereocenters. The highest BCUT2D eigenvalue weighted by molar-refractivity contribution is 6.26. The van der Waals surface area contributed by atoms with Gasteiger partial charge < -0.3 is 10.2 Å². The van der Waals surface area contributed by atoms with Crippen molar-refractivity contribution < 1.29 is 19.2 Å². The molecule has 2 amide bonds. The number of carbonyl (C=O) groups is 4. The van der Waals surface area contributed by atoms with E-state index < -0.39 is 11.7 Å². The molecular weight excluding hydrogens is 394 g/mol. The SMILES string of the molecule is CC(CN1Cc2c(ccc3ccc(-c4ccccn4)cc23)C1=O)C(=O)NCC(=O)C=O. The second-order valence-electron chi connectivity index (χ2n) is 7.63. The highest BCUT2D eigenvalue weighted by Gasteiger charge is 2.31. The monoisotopic (exact) mass is 415 g/mol. The van der Waals surface area contributed by atoms with Crippen LogP contribution in [0, 0.1) is 5.92 Å². The van der Waals surface area contributed by atoms with Crippen molar-refractivity contribution in [2.75, 3.05) is 13.1 Å². The summed E-state index contributed by atoms with van der Waals surface area (Å²) in [6.07, 6.45) is 1.92. The number of fused-ring (bicyclic) bond motifs is 3. The van der Waals surface area contributed by atoms with E-state index in [0.29, 0.717) is 12.1 Å². The lowest BCUT2D eigenvalue weighted by Gasteiger charge is -2.20. The van der Waals surface area contributed by atoms with E-state index in [4.69, 9.17) is 0 Å². The maximum Gasteiger partial charge on any atom is 0.254 e. The van der Waals surface area contributed by atoms with Crippen molar-refractivity contribution in [3.05, 3.63) is 65.9 Å². The van der Waals surface area contributed by atoms with Crippen molar-refractivity contribution in [3.8, 4) is 11.3 Å². The topological polar surface area (TPSA) is 96.4 Å². The number of pyridine rings is 1. The van der Waals surface area contributed by atoms with Crippen LogP contribution in [0.2, 0.25) is 0 Å². The first-order chi connectivity index (χ1) is 15.0. The fourth-order valence-corrected chi connectivity index (χ4v) is 3.83. The van der Waals surface area contributed by atoms with Gasteiger partial charge in [-0.15, -0.1) is 0 Å². The molecular formula is C24H21N3O4. The number of Topliss-reactive ketones (excluding diaryl/α,β-unsaturated/α-hetero) is 1. The van der Waals surface area contributed by atoms with Crippen LogP contribution in [0.4, 0.5) is 0 Å². The van der Waals surface area contributed by atoms with Gasteiger partial charge in [0, 0.05) is 30.4 Å². The Balaban J connectivity index is 1.56. The smallest absolute Gasteiger partial charge is 0.254 e. The van der Waals surface area contributed by atoms with Gasteiger partial charge in [0.15, 0.2) is 6.29 Å². The minimum Gasteiger partial charge on any atom is -0.348 e. The van der Waals surface area contributed by atoms with Gasteiger partial charge in [0.05, 0.1) is 18.2 Å². The van der Waals surface area contributed by atoms with Gasteiger partial charge in [-0.05, 0) is 40.6 Å². The van der Waals surface area contributed by atoms with Crippen molar-refractivity contribution in [1.29, 1.82) is 0 Å². The molecule has 1 aliphatic rings. The molecule has 31 heavy (non-hydrogen) atoms. The van der Waals surface area contributed by atoms with Gasteiger partial charge in [-0.3, -0.25) is 24.2 Å². The van der Waals surface area contributed by atoms with E-state index in [-0.39, 0.29) is 31.2 Å². The van der Waals surface area contributed by atoms with Crippen LogP contribution < -0.4 is 5.32 Å². The molecule has 156 valence electrons. The molecule has 1 unspecified atom stereocenters. The second kappa shape index (κ2) is 8.47. The van der Waals surface area contributed by atoms with Crippen LogP contribution in [0.5, 0.6) is 0 Å². The highest BCUT2D eigenvalue weighted by Crippen LogP contribution is 2.33. The first-order valence-corrected chi connectivity index (χ1v) is 10.00. The number of hydrogen-bond acceptors (Lipinski definition) is 5. The predicted molar refractivity (Wildman–Crippen MR) is 115 cm³/mol. The van der Waals surface area contributed by atoms with E-state index >= 15 is 0 Å². The molecule has 0 fully saturated rings. The molecule has 0 spiro atoms. The molecule has 2 aromatic carbocycles. The molecule has 0 bridgehead atoms. The number of nitrogens with zero attached hydrogens (tertiary/aromatic N) is 2. The summed E-state index contributed by atoms with van der Waals surface area (Å²) in [6.45, 7) is 1.98. The first-order valence-electron chi connectivity index (χ1n) is 10.00. The second-order valence-corrected chi connectivity index (χ2v) is 7.63. The Hall–Kier alpha value is -3.87. The third-order valence-electron chi connectivity index (χ3n) is 5.47. The number of hydrogen-bond donors (Lipinski definition) is 1. The molecule has 4 rings (SSSR count). The Morgan fingerprint density at radius 1 is 1.19 bits per heavy atom. The summed E-state index contributed by atoms with van der Waals surface area (Å²) < 4.78 is 0. The van der Waals surface area contributed by atoms with Gasteiger partial charge in [0.25, 0.3) is 5.91 Å². The van der Waals surface area contributed by atoms with Crippen molar-refractivity contribution in [2.45, 2.75) is 13.5 Å². The highest BCUT2D eigenvalue weighted by atomic mass is 16.2. The largest absolute Gasteiger partial charge is 0.348 e. The quantitative estimate of drug-likeness (QED) is 0.472. The minimum atomic E-state index is -0.694. The van der Waals surface area contributed by atoms with E-state index in [9.17, 15) is 19.2 Å². The van der Waals surface area contributed by atoms with Crippen molar-refractivity contribution in [2.24, 2.45) is 5.92 Å². The first kappa shape index (κ1) is 20.4. The molecule has 0 saturated carbocycles. The van der Waals surface area contributed by atoms with Gasteiger partial charge in [0.2, 0.25) is 11.7 Å². The van der Waals surface area contributed by atoms with Crippen LogP contribution in [0.15, 0.2) is 54.7 Å². The maximum atomic E-state index is 12.9. The average molecular weight is 415 g/mol. The summed E-state index contributed by atoms with van der Waals surface area (Å²) in [5.74, 6) is -1.71. The Morgan fingerprint density at radius 2 is 2.00 bits per heavy atom. The summed E-state index contributed by atoms with van der Waals surface area (Å²) >= 11 is 0. The molecule has 7 nitrogen and oxygen atoms in total. The number of ketones is 1. The van der Waals surface area contributed by atoms with E-state index in [0.717, 1.165) is 27.6 Å². The normalized spacial score (nSPS) is 13.7. The Morgan fingerprint density at radius 3 is 2.74 bits per heavy atom. The van der Waals surface area contributed by atoms with E-state index in [1.54, 1.807) is 18.0 Å². The predicted octanol–water partition coefficient (Wildman–Crippen LogP) is 2.38. The van der Waals surface area contributed by atoms with Crippen LogP contribution in [0.25, 0.3) is 22.0 Å². The number of aromatic nitrogens is 1. The number of rotatable bonds is 7. The fourth-order valence-electron chi connectivity index (χ4n) is 3.83. The molecule has 2 heterocycles. The molecule has 1 aliphatic heterocycles. The van der Waals surface area contributed by atoms with E-state index in [1.165, 1.54) is 0 Å².